The average molecular weight is 230 g/mol. The standard InChI is InChI=1S/C3H3IO4/c4-3(7)8-1-2(5)6/h1H2,(H,5,6). The summed E-state index contributed by atoms with van der Waals surface area (Å²) in [5.41, 5.74) is 0. The molecule has 8 heavy (non-hydrogen) atoms. The molecule has 0 aromatic rings. The van der Waals surface area contributed by atoms with Gasteiger partial charge in [-0.05, 0) is 0 Å². The maximum Gasteiger partial charge on any atom is 0.367 e. The van der Waals surface area contributed by atoms with Crippen molar-refractivity contribution in [1.29, 1.82) is 0 Å². The van der Waals surface area contributed by atoms with Crippen LogP contribution in [0, 0.1) is 0 Å². The summed E-state index contributed by atoms with van der Waals surface area (Å²) in [6.07, 6.45) is 0. The number of aliphatic carboxylic acids is 1. The van der Waals surface area contributed by atoms with Crippen molar-refractivity contribution in [2.24, 2.45) is 0 Å². The molecule has 46 valence electrons. The predicted molar refractivity (Wildman–Crippen MR) is 33.0 cm³/mol. The summed E-state index contributed by atoms with van der Waals surface area (Å²) in [6, 6.07) is 0. The first-order valence-electron chi connectivity index (χ1n) is 1.67. The Kier molecular flexibility index (Phi) is 3.49. The first-order valence-corrected chi connectivity index (χ1v) is 2.75. The molecule has 0 fully saturated rings. The molecule has 0 saturated heterocycles. The summed E-state index contributed by atoms with van der Waals surface area (Å²) < 4.78 is 3.44. The van der Waals surface area contributed by atoms with Crippen LogP contribution in [-0.4, -0.2) is 21.7 Å². The summed E-state index contributed by atoms with van der Waals surface area (Å²) in [5, 5.41) is 7.88. The van der Waals surface area contributed by atoms with Crippen LogP contribution in [0.15, 0.2) is 0 Å². The van der Waals surface area contributed by atoms with Gasteiger partial charge in [0.25, 0.3) is 0 Å². The highest BCUT2D eigenvalue weighted by molar-refractivity contribution is 14.1. The van der Waals surface area contributed by atoms with Gasteiger partial charge >= 0.3 is 9.95 Å². The summed E-state index contributed by atoms with van der Waals surface area (Å²) in [4.78, 5) is 19.5. The number of rotatable bonds is 2. The molecular formula is C3H3IO4. The van der Waals surface area contributed by atoms with Crippen LogP contribution in [-0.2, 0) is 9.53 Å². The topological polar surface area (TPSA) is 63.6 Å². The molecule has 0 aromatic heterocycles. The van der Waals surface area contributed by atoms with Gasteiger partial charge in [0.05, 0.1) is 22.6 Å². The van der Waals surface area contributed by atoms with E-state index in [4.69, 9.17) is 5.11 Å². The van der Waals surface area contributed by atoms with E-state index in [2.05, 4.69) is 4.74 Å². The van der Waals surface area contributed by atoms with E-state index in [0.717, 1.165) is 0 Å². The fraction of sp³-hybridized carbons (Fsp3) is 0.333. The average Bonchev–Trinajstić information content (AvgIpc) is 1.61. The van der Waals surface area contributed by atoms with Crippen LogP contribution in [0.4, 0.5) is 4.79 Å². The second-order valence-corrected chi connectivity index (χ2v) is 1.80. The molecule has 0 amide bonds. The molecule has 0 radical (unpaired) electrons. The molecule has 0 aliphatic carbocycles. The largest absolute Gasteiger partial charge is 0.479 e. The Labute approximate surface area is 59.0 Å². The fourth-order valence-corrected chi connectivity index (χ4v) is 0.274. The van der Waals surface area contributed by atoms with Crippen molar-refractivity contribution in [3.63, 3.8) is 0 Å². The predicted octanol–water partition coefficient (Wildman–Crippen LogP) is 0.643. The lowest BCUT2D eigenvalue weighted by atomic mass is 10.8. The fourth-order valence-electron chi connectivity index (χ4n) is 0.118. The zero-order chi connectivity index (χ0) is 6.57. The van der Waals surface area contributed by atoms with Gasteiger partial charge in [-0.2, -0.15) is 0 Å². The zero-order valence-corrected chi connectivity index (χ0v) is 5.91. The van der Waals surface area contributed by atoms with E-state index in [-0.39, 0.29) is 0 Å². The Hall–Kier alpha value is -0.330. The maximum absolute atomic E-state index is 9.85. The minimum Gasteiger partial charge on any atom is -0.479 e. The number of carbonyl (C=O) groups excluding carboxylic acids is 1. The lowest BCUT2D eigenvalue weighted by molar-refractivity contribution is -0.139. The molecule has 0 aliphatic heterocycles. The van der Waals surface area contributed by atoms with E-state index < -0.39 is 16.6 Å². The van der Waals surface area contributed by atoms with E-state index in [0.29, 0.717) is 0 Å². The highest BCUT2D eigenvalue weighted by atomic mass is 127. The van der Waals surface area contributed by atoms with Crippen molar-refractivity contribution in [2.45, 2.75) is 0 Å². The van der Waals surface area contributed by atoms with Crippen molar-refractivity contribution in [1.82, 2.24) is 0 Å². The van der Waals surface area contributed by atoms with Gasteiger partial charge < -0.3 is 9.84 Å². The molecule has 1 N–H and O–H groups in total. The maximum atomic E-state index is 9.85. The summed E-state index contributed by atoms with van der Waals surface area (Å²) >= 11 is 1.35. The molecule has 5 heteroatoms. The minimum atomic E-state index is -1.14. The van der Waals surface area contributed by atoms with E-state index >= 15 is 0 Å². The van der Waals surface area contributed by atoms with Crippen LogP contribution in [0.25, 0.3) is 0 Å². The molecule has 0 aliphatic rings. The van der Waals surface area contributed by atoms with Crippen LogP contribution in [0.1, 0.15) is 0 Å². The van der Waals surface area contributed by atoms with E-state index in [1.54, 1.807) is 0 Å². The smallest absolute Gasteiger partial charge is 0.367 e. The number of carbonyl (C=O) groups is 2. The van der Waals surface area contributed by atoms with Gasteiger partial charge in [-0.25, -0.2) is 9.59 Å². The number of halogens is 1. The second kappa shape index (κ2) is 3.65. The van der Waals surface area contributed by atoms with Gasteiger partial charge in [0.2, 0.25) is 0 Å². The molecule has 0 atom stereocenters. The normalized spacial score (nSPS) is 8.12. The van der Waals surface area contributed by atoms with Crippen LogP contribution >= 0.6 is 22.6 Å². The third-order valence-corrected chi connectivity index (χ3v) is 0.621. The zero-order valence-electron chi connectivity index (χ0n) is 3.76. The van der Waals surface area contributed by atoms with Crippen molar-refractivity contribution >= 4 is 32.5 Å². The number of carboxylic acids is 1. The highest BCUT2D eigenvalue weighted by Crippen LogP contribution is 1.89. The molecule has 4 nitrogen and oxygen atoms in total. The third kappa shape index (κ3) is 5.67. The van der Waals surface area contributed by atoms with E-state index in [9.17, 15) is 9.59 Å². The molecule has 0 bridgehead atoms. The van der Waals surface area contributed by atoms with Crippen molar-refractivity contribution < 1.29 is 19.4 Å². The van der Waals surface area contributed by atoms with Crippen molar-refractivity contribution in [3.8, 4) is 0 Å². The molecular weight excluding hydrogens is 227 g/mol. The Morgan fingerprint density at radius 1 is 1.62 bits per heavy atom. The van der Waals surface area contributed by atoms with Crippen LogP contribution in [0.3, 0.4) is 0 Å². The van der Waals surface area contributed by atoms with E-state index in [1.807, 2.05) is 0 Å². The van der Waals surface area contributed by atoms with Crippen LogP contribution in [0.5, 0.6) is 0 Å². The molecule has 0 spiro atoms. The van der Waals surface area contributed by atoms with Crippen LogP contribution in [0.2, 0.25) is 0 Å². The van der Waals surface area contributed by atoms with Gasteiger partial charge in [0.15, 0.2) is 6.61 Å². The Bertz CT molecular complexity index is 95.9. The minimum absolute atomic E-state index is 0.554. The van der Waals surface area contributed by atoms with E-state index in [1.165, 1.54) is 22.6 Å². The number of carboxylic acid groups (broad SMARTS) is 1. The Balaban J connectivity index is 3.18. The van der Waals surface area contributed by atoms with Gasteiger partial charge in [-0.1, -0.05) is 0 Å². The SMILES string of the molecule is O=C(O)COC(=O)I. The number of hydrogen-bond donors (Lipinski definition) is 1. The van der Waals surface area contributed by atoms with Crippen LogP contribution < -0.4 is 0 Å². The Morgan fingerprint density at radius 3 is 2.25 bits per heavy atom. The first-order chi connectivity index (χ1) is 3.63. The molecule has 0 heterocycles. The van der Waals surface area contributed by atoms with Gasteiger partial charge in [-0.15, -0.1) is 0 Å². The Morgan fingerprint density at radius 2 is 2.12 bits per heavy atom. The summed E-state index contributed by atoms with van der Waals surface area (Å²) in [7, 11) is 0. The van der Waals surface area contributed by atoms with Crippen molar-refractivity contribution in [2.75, 3.05) is 6.61 Å². The lowest BCUT2D eigenvalue weighted by Gasteiger charge is -1.90. The van der Waals surface area contributed by atoms with Crippen molar-refractivity contribution in [3.05, 3.63) is 0 Å². The summed E-state index contributed by atoms with van der Waals surface area (Å²) in [5.74, 6) is -1.14. The lowest BCUT2D eigenvalue weighted by Crippen LogP contribution is -2.07. The first kappa shape index (κ1) is 7.67. The highest BCUT2D eigenvalue weighted by Gasteiger charge is 1.98. The second-order valence-electron chi connectivity index (χ2n) is 0.920. The molecule has 0 saturated carbocycles. The number of hydrogen-bond acceptors (Lipinski definition) is 3. The molecule has 0 rings (SSSR count). The van der Waals surface area contributed by atoms with Gasteiger partial charge in [0.1, 0.15) is 0 Å². The summed E-state index contributed by atoms with van der Waals surface area (Å²) in [6.45, 7) is -0.554. The number of ether oxygens (including phenoxy) is 1. The molecule has 0 unspecified atom stereocenters. The molecule has 0 aromatic carbocycles. The monoisotopic (exact) mass is 230 g/mol. The van der Waals surface area contributed by atoms with Gasteiger partial charge in [0, 0.05) is 0 Å². The third-order valence-electron chi connectivity index (χ3n) is 0.309. The van der Waals surface area contributed by atoms with Gasteiger partial charge in [-0.3, -0.25) is 0 Å². The quantitative estimate of drug-likeness (QED) is 0.558.